The Balaban J connectivity index is 1.41. The van der Waals surface area contributed by atoms with Crippen molar-refractivity contribution in [2.24, 2.45) is 0 Å². The highest BCUT2D eigenvalue weighted by atomic mass is 32.2. The number of carbonyl (C=O) groups excluding carboxylic acids is 1. The maximum Gasteiger partial charge on any atom is 0.257 e. The molecule has 0 aliphatic carbocycles. The fraction of sp³-hybridized carbons (Fsp3) is 0.227. The molecule has 5 nitrogen and oxygen atoms in total. The average Bonchev–Trinajstić information content (AvgIpc) is 3.18. The lowest BCUT2D eigenvalue weighted by Gasteiger charge is -2.21. The largest absolute Gasteiger partial charge is 0.372 e. The predicted octanol–water partition coefficient (Wildman–Crippen LogP) is 5.39. The minimum Gasteiger partial charge on any atom is -0.372 e. The molecule has 0 atom stereocenters. The molecule has 8 heteroatoms. The van der Waals surface area contributed by atoms with Gasteiger partial charge in [-0.3, -0.25) is 10.1 Å². The van der Waals surface area contributed by atoms with Gasteiger partial charge >= 0.3 is 0 Å². The second-order valence-electron chi connectivity index (χ2n) is 6.70. The van der Waals surface area contributed by atoms with E-state index in [2.05, 4.69) is 41.5 Å². The van der Waals surface area contributed by atoms with Crippen molar-refractivity contribution >= 4 is 57.2 Å². The van der Waals surface area contributed by atoms with E-state index >= 15 is 0 Å². The van der Waals surface area contributed by atoms with Gasteiger partial charge in [-0.25, -0.2) is 4.98 Å². The number of nitrogens with one attached hydrogen (secondary N) is 2. The van der Waals surface area contributed by atoms with Crippen LogP contribution < -0.4 is 15.5 Å². The zero-order valence-electron chi connectivity index (χ0n) is 16.8. The topological polar surface area (TPSA) is 57.3 Å². The highest BCUT2D eigenvalue weighted by molar-refractivity contribution is 7.98. The Labute approximate surface area is 189 Å². The Morgan fingerprint density at radius 2 is 1.87 bits per heavy atom. The minimum absolute atomic E-state index is 0.235. The zero-order valence-corrected chi connectivity index (χ0v) is 19.2. The van der Waals surface area contributed by atoms with Crippen molar-refractivity contribution in [2.75, 3.05) is 23.3 Å². The van der Waals surface area contributed by atoms with Crippen LogP contribution in [0.15, 0.2) is 53.4 Å². The van der Waals surface area contributed by atoms with Gasteiger partial charge in [0.25, 0.3) is 5.91 Å². The number of thiocarbonyl (C=S) groups is 1. The molecule has 1 aliphatic heterocycles. The lowest BCUT2D eigenvalue weighted by molar-refractivity contribution is 0.0978. The highest BCUT2D eigenvalue weighted by Crippen LogP contribution is 2.44. The number of carbonyl (C=O) groups is 1. The van der Waals surface area contributed by atoms with Gasteiger partial charge < -0.3 is 10.2 Å². The lowest BCUT2D eigenvalue weighted by atomic mass is 10.1. The molecule has 154 valence electrons. The molecule has 0 radical (unpaired) electrons. The lowest BCUT2D eigenvalue weighted by Crippen LogP contribution is -2.34. The van der Waals surface area contributed by atoms with Crippen LogP contribution in [0, 0.1) is 0 Å². The number of thiazole rings is 1. The molecule has 0 fully saturated rings. The SMILES string of the molecule is CCN(CC)c1ccc(C(=O)NC(=S)Nc2nc3c(s2)CSc2ccccc2-3)cc1. The van der Waals surface area contributed by atoms with Crippen molar-refractivity contribution in [3.8, 4) is 11.3 Å². The minimum atomic E-state index is -0.235. The van der Waals surface area contributed by atoms with E-state index in [0.29, 0.717) is 10.7 Å². The molecule has 1 aromatic heterocycles. The maximum absolute atomic E-state index is 12.6. The number of hydrogen-bond acceptors (Lipinski definition) is 6. The first-order valence-electron chi connectivity index (χ1n) is 9.78. The average molecular weight is 455 g/mol. The van der Waals surface area contributed by atoms with Crippen LogP contribution in [0.4, 0.5) is 10.8 Å². The van der Waals surface area contributed by atoms with Crippen molar-refractivity contribution in [2.45, 2.75) is 24.5 Å². The van der Waals surface area contributed by atoms with E-state index in [1.165, 1.54) is 9.77 Å². The molecular weight excluding hydrogens is 432 g/mol. The van der Waals surface area contributed by atoms with Gasteiger partial charge in [0.2, 0.25) is 0 Å². The summed E-state index contributed by atoms with van der Waals surface area (Å²) >= 11 is 8.73. The summed E-state index contributed by atoms with van der Waals surface area (Å²) in [6.07, 6.45) is 0. The van der Waals surface area contributed by atoms with Crippen molar-refractivity contribution in [3.63, 3.8) is 0 Å². The Bertz CT molecular complexity index is 1070. The number of fused-ring (bicyclic) bond motifs is 3. The first-order chi connectivity index (χ1) is 14.6. The van der Waals surface area contributed by atoms with Crippen molar-refractivity contribution in [1.82, 2.24) is 10.3 Å². The number of hydrogen-bond donors (Lipinski definition) is 2. The third-order valence-electron chi connectivity index (χ3n) is 4.90. The Morgan fingerprint density at radius 3 is 2.60 bits per heavy atom. The van der Waals surface area contributed by atoms with Crippen LogP contribution in [-0.2, 0) is 5.75 Å². The molecule has 0 bridgehead atoms. The third kappa shape index (κ3) is 4.35. The molecule has 2 N–H and O–H groups in total. The smallest absolute Gasteiger partial charge is 0.257 e. The number of aromatic nitrogens is 1. The molecule has 2 heterocycles. The van der Waals surface area contributed by atoms with Gasteiger partial charge in [-0.1, -0.05) is 18.2 Å². The second kappa shape index (κ2) is 9.16. The standard InChI is InChI=1S/C22H22N4OS3/c1-3-26(4-2)15-11-9-14(10-12-15)20(27)24-21(28)25-22-23-19-16-7-5-6-8-17(16)29-13-18(19)30-22/h5-12H,3-4,13H2,1-2H3,(H2,23,24,25,27,28). The van der Waals surface area contributed by atoms with Gasteiger partial charge in [-0.15, -0.1) is 23.1 Å². The van der Waals surface area contributed by atoms with E-state index in [0.717, 1.165) is 35.8 Å². The highest BCUT2D eigenvalue weighted by Gasteiger charge is 2.21. The molecule has 0 saturated carbocycles. The van der Waals surface area contributed by atoms with Crippen molar-refractivity contribution in [3.05, 3.63) is 59.0 Å². The predicted molar refractivity (Wildman–Crippen MR) is 131 cm³/mol. The fourth-order valence-electron chi connectivity index (χ4n) is 3.36. The molecule has 4 rings (SSSR count). The zero-order chi connectivity index (χ0) is 21.1. The molecule has 3 aromatic rings. The van der Waals surface area contributed by atoms with E-state index in [4.69, 9.17) is 17.2 Å². The fourth-order valence-corrected chi connectivity index (χ4v) is 5.72. The Hall–Kier alpha value is -2.42. The number of benzene rings is 2. The van der Waals surface area contributed by atoms with Gasteiger partial charge in [-0.05, 0) is 56.4 Å². The molecule has 2 aromatic carbocycles. The van der Waals surface area contributed by atoms with Gasteiger partial charge in [0, 0.05) is 45.4 Å². The molecule has 1 amide bonds. The summed E-state index contributed by atoms with van der Waals surface area (Å²) in [4.78, 5) is 21.9. The van der Waals surface area contributed by atoms with E-state index in [1.807, 2.05) is 48.2 Å². The van der Waals surface area contributed by atoms with Gasteiger partial charge in [-0.2, -0.15) is 0 Å². The molecule has 0 unspecified atom stereocenters. The second-order valence-corrected chi connectivity index (χ2v) is 9.21. The number of anilines is 2. The molecule has 0 saturated heterocycles. The quantitative estimate of drug-likeness (QED) is 0.504. The number of thioether (sulfide) groups is 1. The van der Waals surface area contributed by atoms with Crippen LogP contribution in [0.1, 0.15) is 29.1 Å². The third-order valence-corrected chi connectivity index (χ3v) is 7.36. The molecule has 1 aliphatic rings. The summed E-state index contributed by atoms with van der Waals surface area (Å²) in [6, 6.07) is 15.8. The number of amides is 1. The monoisotopic (exact) mass is 454 g/mol. The van der Waals surface area contributed by atoms with E-state index in [1.54, 1.807) is 11.3 Å². The van der Waals surface area contributed by atoms with E-state index in [-0.39, 0.29) is 11.0 Å². The van der Waals surface area contributed by atoms with Crippen LogP contribution in [0.5, 0.6) is 0 Å². The molecular formula is C22H22N4OS3. The van der Waals surface area contributed by atoms with Gasteiger partial charge in [0.1, 0.15) is 0 Å². The summed E-state index contributed by atoms with van der Waals surface area (Å²) in [5.74, 6) is 0.657. The van der Waals surface area contributed by atoms with Gasteiger partial charge in [0.15, 0.2) is 10.2 Å². The number of rotatable bonds is 5. The van der Waals surface area contributed by atoms with Crippen LogP contribution in [-0.4, -0.2) is 29.1 Å². The summed E-state index contributed by atoms with van der Waals surface area (Å²) in [5.41, 5.74) is 3.82. The number of nitrogens with zero attached hydrogens (tertiary/aromatic N) is 2. The first kappa shape index (κ1) is 20.8. The normalized spacial score (nSPS) is 11.9. The Kier molecular flexibility index (Phi) is 6.36. The van der Waals surface area contributed by atoms with E-state index < -0.39 is 0 Å². The Morgan fingerprint density at radius 1 is 1.13 bits per heavy atom. The molecule has 30 heavy (non-hydrogen) atoms. The van der Waals surface area contributed by atoms with Crippen LogP contribution >= 0.6 is 35.3 Å². The van der Waals surface area contributed by atoms with E-state index in [9.17, 15) is 4.79 Å². The van der Waals surface area contributed by atoms with Gasteiger partial charge in [0.05, 0.1) is 5.69 Å². The summed E-state index contributed by atoms with van der Waals surface area (Å²) < 4.78 is 0. The molecule has 0 spiro atoms. The van der Waals surface area contributed by atoms with Crippen LogP contribution in [0.25, 0.3) is 11.3 Å². The van der Waals surface area contributed by atoms with Crippen molar-refractivity contribution < 1.29 is 4.79 Å². The summed E-state index contributed by atoms with van der Waals surface area (Å²) in [5, 5.41) is 6.76. The maximum atomic E-state index is 12.6. The van der Waals surface area contributed by atoms with Crippen LogP contribution in [0.3, 0.4) is 0 Å². The van der Waals surface area contributed by atoms with Crippen LogP contribution in [0.2, 0.25) is 0 Å². The van der Waals surface area contributed by atoms with Crippen molar-refractivity contribution in [1.29, 1.82) is 0 Å². The summed E-state index contributed by atoms with van der Waals surface area (Å²) in [7, 11) is 0. The summed E-state index contributed by atoms with van der Waals surface area (Å²) in [6.45, 7) is 6.08. The first-order valence-corrected chi connectivity index (χ1v) is 12.0.